The molecule has 3 amide bonds. The standard InChI is InChI=1S/C15H11BrN2O5/c16-10-2-1-8-6-13(20)17(7-9(8)5-10)11-3-4-12(19)18(14(11)21)15(22)23/h1-2,5-7,11H,3-4H2,(H,22,23). The molecule has 1 N–H and O–H groups in total. The highest BCUT2D eigenvalue weighted by atomic mass is 79.9. The maximum atomic E-state index is 12.3. The molecule has 1 aromatic heterocycles. The van der Waals surface area contributed by atoms with Crippen LogP contribution in [0.25, 0.3) is 10.8 Å². The second-order valence-corrected chi connectivity index (χ2v) is 6.11. The van der Waals surface area contributed by atoms with Gasteiger partial charge in [-0.15, -0.1) is 0 Å². The van der Waals surface area contributed by atoms with Gasteiger partial charge in [0.25, 0.3) is 11.5 Å². The number of imide groups is 3. The Morgan fingerprint density at radius 3 is 2.61 bits per heavy atom. The number of hydrogen-bond acceptors (Lipinski definition) is 4. The first-order valence-electron chi connectivity index (χ1n) is 6.79. The lowest BCUT2D eigenvalue weighted by molar-refractivity contribution is -0.148. The molecule has 0 radical (unpaired) electrons. The molecule has 1 fully saturated rings. The van der Waals surface area contributed by atoms with Gasteiger partial charge in [0, 0.05) is 23.2 Å². The number of aromatic nitrogens is 1. The van der Waals surface area contributed by atoms with Crippen LogP contribution in [0.15, 0.2) is 39.7 Å². The number of carboxylic acid groups (broad SMARTS) is 1. The highest BCUT2D eigenvalue weighted by Gasteiger charge is 2.39. The molecule has 1 aromatic carbocycles. The molecule has 118 valence electrons. The number of fused-ring (bicyclic) bond motifs is 1. The Bertz CT molecular complexity index is 904. The zero-order valence-electron chi connectivity index (χ0n) is 11.7. The van der Waals surface area contributed by atoms with E-state index in [1.165, 1.54) is 16.8 Å². The number of halogens is 1. The highest BCUT2D eigenvalue weighted by Crippen LogP contribution is 2.25. The van der Waals surface area contributed by atoms with Crippen molar-refractivity contribution in [3.63, 3.8) is 0 Å². The van der Waals surface area contributed by atoms with Crippen LogP contribution in [0.1, 0.15) is 18.9 Å². The van der Waals surface area contributed by atoms with Crippen LogP contribution >= 0.6 is 15.9 Å². The largest absolute Gasteiger partial charge is 0.464 e. The summed E-state index contributed by atoms with van der Waals surface area (Å²) in [5.41, 5.74) is -0.419. The predicted molar refractivity (Wildman–Crippen MR) is 84.1 cm³/mol. The van der Waals surface area contributed by atoms with Crippen molar-refractivity contribution in [2.75, 3.05) is 0 Å². The fourth-order valence-electron chi connectivity index (χ4n) is 2.68. The van der Waals surface area contributed by atoms with Gasteiger partial charge in [-0.05, 0) is 29.3 Å². The molecule has 0 saturated carbocycles. The van der Waals surface area contributed by atoms with E-state index in [-0.39, 0.29) is 17.7 Å². The summed E-state index contributed by atoms with van der Waals surface area (Å²) < 4.78 is 2.01. The van der Waals surface area contributed by atoms with Crippen molar-refractivity contribution in [1.82, 2.24) is 9.47 Å². The van der Waals surface area contributed by atoms with E-state index in [9.17, 15) is 19.2 Å². The summed E-state index contributed by atoms with van der Waals surface area (Å²) in [5.74, 6) is -1.67. The molecule has 1 atom stereocenters. The molecule has 8 heteroatoms. The number of pyridine rings is 1. The van der Waals surface area contributed by atoms with E-state index in [0.29, 0.717) is 5.39 Å². The average Bonchev–Trinajstić information content (AvgIpc) is 2.47. The number of piperidine rings is 1. The van der Waals surface area contributed by atoms with Crippen LogP contribution in [-0.2, 0) is 9.59 Å². The quantitative estimate of drug-likeness (QED) is 0.766. The third-order valence-electron chi connectivity index (χ3n) is 3.77. The summed E-state index contributed by atoms with van der Waals surface area (Å²) in [6.07, 6.45) is -0.117. The number of amides is 3. The van der Waals surface area contributed by atoms with E-state index in [1.54, 1.807) is 18.2 Å². The summed E-state index contributed by atoms with van der Waals surface area (Å²) in [6.45, 7) is 0. The van der Waals surface area contributed by atoms with E-state index in [4.69, 9.17) is 5.11 Å². The molecule has 1 unspecified atom stereocenters. The molecular formula is C15H11BrN2O5. The third-order valence-corrected chi connectivity index (χ3v) is 4.27. The van der Waals surface area contributed by atoms with Crippen molar-refractivity contribution in [3.05, 3.63) is 45.3 Å². The van der Waals surface area contributed by atoms with E-state index in [0.717, 1.165) is 9.86 Å². The van der Waals surface area contributed by atoms with Gasteiger partial charge in [0.15, 0.2) is 0 Å². The Morgan fingerprint density at radius 1 is 1.17 bits per heavy atom. The van der Waals surface area contributed by atoms with E-state index in [2.05, 4.69) is 15.9 Å². The average molecular weight is 379 g/mol. The minimum atomic E-state index is -1.62. The van der Waals surface area contributed by atoms with Gasteiger partial charge in [-0.2, -0.15) is 4.90 Å². The molecule has 0 spiro atoms. The van der Waals surface area contributed by atoms with Gasteiger partial charge < -0.3 is 9.67 Å². The summed E-state index contributed by atoms with van der Waals surface area (Å²) in [5, 5.41) is 10.5. The van der Waals surface area contributed by atoms with Crippen molar-refractivity contribution in [2.24, 2.45) is 0 Å². The van der Waals surface area contributed by atoms with Crippen molar-refractivity contribution in [2.45, 2.75) is 18.9 Å². The topological polar surface area (TPSA) is 96.7 Å². The van der Waals surface area contributed by atoms with Crippen molar-refractivity contribution in [1.29, 1.82) is 0 Å². The number of nitrogens with zero attached hydrogens (tertiary/aromatic N) is 2. The van der Waals surface area contributed by atoms with Gasteiger partial charge in [0.2, 0.25) is 5.91 Å². The summed E-state index contributed by atoms with van der Waals surface area (Å²) in [7, 11) is 0. The SMILES string of the molecule is O=C(O)N1C(=O)CCC(n2cc3cc(Br)ccc3cc2=O)C1=O. The Hall–Kier alpha value is -2.48. The molecule has 0 aliphatic carbocycles. The fourth-order valence-corrected chi connectivity index (χ4v) is 3.06. The number of rotatable bonds is 1. The Kier molecular flexibility index (Phi) is 3.77. The Labute approximate surface area is 138 Å². The lowest BCUT2D eigenvalue weighted by Gasteiger charge is -2.28. The lowest BCUT2D eigenvalue weighted by Crippen LogP contribution is -2.49. The first kappa shape index (κ1) is 15.4. The monoisotopic (exact) mass is 378 g/mol. The molecule has 1 aliphatic rings. The van der Waals surface area contributed by atoms with Crippen molar-refractivity contribution >= 4 is 44.6 Å². The molecule has 3 rings (SSSR count). The van der Waals surface area contributed by atoms with Crippen LogP contribution in [0, 0.1) is 0 Å². The number of hydrogen-bond donors (Lipinski definition) is 1. The zero-order chi connectivity index (χ0) is 16.7. The summed E-state index contributed by atoms with van der Waals surface area (Å²) >= 11 is 3.33. The minimum absolute atomic E-state index is 0.0981. The van der Waals surface area contributed by atoms with Gasteiger partial charge >= 0.3 is 6.09 Å². The molecule has 2 aromatic rings. The van der Waals surface area contributed by atoms with Gasteiger partial charge in [-0.3, -0.25) is 14.4 Å². The number of benzene rings is 1. The lowest BCUT2D eigenvalue weighted by atomic mass is 10.0. The smallest absolute Gasteiger partial charge is 0.421 e. The van der Waals surface area contributed by atoms with Crippen molar-refractivity contribution in [3.8, 4) is 0 Å². The second kappa shape index (κ2) is 5.62. The van der Waals surface area contributed by atoms with Crippen molar-refractivity contribution < 1.29 is 19.5 Å². The van der Waals surface area contributed by atoms with Crippen LogP contribution < -0.4 is 5.56 Å². The minimum Gasteiger partial charge on any atom is -0.464 e. The first-order chi connectivity index (χ1) is 10.9. The predicted octanol–water partition coefficient (Wildman–Crippen LogP) is 2.13. The number of carbonyl (C=O) groups excluding carboxylic acids is 2. The summed E-state index contributed by atoms with van der Waals surface area (Å²) in [4.78, 5) is 47.4. The van der Waals surface area contributed by atoms with Crippen LogP contribution in [0.3, 0.4) is 0 Å². The third kappa shape index (κ3) is 2.65. The molecule has 2 heterocycles. The highest BCUT2D eigenvalue weighted by molar-refractivity contribution is 9.10. The zero-order valence-corrected chi connectivity index (χ0v) is 13.3. The number of likely N-dealkylation sites (tertiary alicyclic amines) is 1. The summed E-state index contributed by atoms with van der Waals surface area (Å²) in [6, 6.07) is 5.73. The van der Waals surface area contributed by atoms with Crippen LogP contribution in [-0.4, -0.2) is 32.5 Å². The molecule has 23 heavy (non-hydrogen) atoms. The van der Waals surface area contributed by atoms with E-state index in [1.807, 2.05) is 0 Å². The maximum absolute atomic E-state index is 12.3. The van der Waals surface area contributed by atoms with E-state index < -0.39 is 29.5 Å². The van der Waals surface area contributed by atoms with Gasteiger partial charge in [-0.1, -0.05) is 22.0 Å². The maximum Gasteiger partial charge on any atom is 0.421 e. The van der Waals surface area contributed by atoms with Crippen LogP contribution in [0.4, 0.5) is 4.79 Å². The molecular weight excluding hydrogens is 368 g/mol. The van der Waals surface area contributed by atoms with Crippen LogP contribution in [0.5, 0.6) is 0 Å². The molecule has 1 saturated heterocycles. The normalized spacial score (nSPS) is 18.5. The molecule has 1 aliphatic heterocycles. The number of carbonyl (C=O) groups is 3. The Balaban J connectivity index is 2.10. The molecule has 7 nitrogen and oxygen atoms in total. The van der Waals surface area contributed by atoms with Gasteiger partial charge in [0.05, 0.1) is 0 Å². The van der Waals surface area contributed by atoms with Gasteiger partial charge in [-0.25, -0.2) is 4.79 Å². The molecule has 0 bridgehead atoms. The van der Waals surface area contributed by atoms with Gasteiger partial charge in [0.1, 0.15) is 6.04 Å². The van der Waals surface area contributed by atoms with E-state index >= 15 is 0 Å². The van der Waals surface area contributed by atoms with Crippen LogP contribution in [0.2, 0.25) is 0 Å². The second-order valence-electron chi connectivity index (χ2n) is 5.20. The Morgan fingerprint density at radius 2 is 1.91 bits per heavy atom. The fraction of sp³-hybridized carbons (Fsp3) is 0.200. The first-order valence-corrected chi connectivity index (χ1v) is 7.59.